The van der Waals surface area contributed by atoms with Crippen LogP contribution in [0.5, 0.6) is 0 Å². The summed E-state index contributed by atoms with van der Waals surface area (Å²) < 4.78 is 0. The van der Waals surface area contributed by atoms with Gasteiger partial charge in [-0.1, -0.05) is 13.3 Å². The van der Waals surface area contributed by atoms with Crippen LogP contribution in [-0.4, -0.2) is 22.5 Å². The fourth-order valence-electron chi connectivity index (χ4n) is 1.23. The normalized spacial score (nSPS) is 11.9. The van der Waals surface area contributed by atoms with Crippen LogP contribution in [0.4, 0.5) is 4.79 Å². The Morgan fingerprint density at radius 1 is 1.44 bits per heavy atom. The molecule has 0 bridgehead atoms. The van der Waals surface area contributed by atoms with Crippen molar-refractivity contribution >= 4 is 6.03 Å². The quantitative estimate of drug-likeness (QED) is 0.744. The van der Waals surface area contributed by atoms with Gasteiger partial charge in [-0.25, -0.2) is 14.8 Å². The maximum absolute atomic E-state index is 11.4. The van der Waals surface area contributed by atoms with Gasteiger partial charge in [0.15, 0.2) is 0 Å². The van der Waals surface area contributed by atoms with Crippen molar-refractivity contribution in [3.63, 3.8) is 0 Å². The third-order valence-electron chi connectivity index (χ3n) is 2.14. The number of aromatic nitrogens is 2. The number of rotatable bonds is 5. The molecule has 1 atom stereocenters. The number of amides is 2. The highest BCUT2D eigenvalue weighted by atomic mass is 16.2. The molecule has 0 saturated carbocycles. The number of carbonyl (C=O) groups is 1. The first kappa shape index (κ1) is 12.4. The molecular weight excluding hydrogens is 204 g/mol. The molecule has 5 nitrogen and oxygen atoms in total. The van der Waals surface area contributed by atoms with Crippen LogP contribution in [0.3, 0.4) is 0 Å². The highest BCUT2D eigenvalue weighted by Crippen LogP contribution is 2.03. The summed E-state index contributed by atoms with van der Waals surface area (Å²) in [6.07, 6.45) is 5.38. The maximum Gasteiger partial charge on any atom is 0.315 e. The smallest absolute Gasteiger partial charge is 0.315 e. The van der Waals surface area contributed by atoms with Crippen molar-refractivity contribution in [3.8, 4) is 0 Å². The number of hydrogen-bond acceptors (Lipinski definition) is 3. The van der Waals surface area contributed by atoms with E-state index in [2.05, 4.69) is 27.5 Å². The molecular formula is C11H18N4O. The number of urea groups is 1. The summed E-state index contributed by atoms with van der Waals surface area (Å²) in [6.45, 7) is 4.64. The molecule has 1 aromatic heterocycles. The molecule has 5 heteroatoms. The summed E-state index contributed by atoms with van der Waals surface area (Å²) in [5.41, 5.74) is 0. The Bertz CT molecular complexity index is 315. The first-order valence-electron chi connectivity index (χ1n) is 5.55. The average Bonchev–Trinajstić information content (AvgIpc) is 2.30. The molecule has 0 aliphatic rings. The fourth-order valence-corrected chi connectivity index (χ4v) is 1.23. The van der Waals surface area contributed by atoms with Crippen LogP contribution in [0.15, 0.2) is 18.5 Å². The second-order valence-corrected chi connectivity index (χ2v) is 3.58. The standard InChI is InChI=1S/C11H18N4O/c1-3-4-6-14-11(16)15-9(2)10-12-7-5-8-13-10/h5,7-9H,3-4,6H2,1-2H3,(H2,14,15,16). The molecule has 0 aliphatic heterocycles. The van der Waals surface area contributed by atoms with Crippen LogP contribution >= 0.6 is 0 Å². The molecule has 0 aromatic carbocycles. The van der Waals surface area contributed by atoms with E-state index in [1.807, 2.05) is 6.92 Å². The van der Waals surface area contributed by atoms with E-state index in [9.17, 15) is 4.79 Å². The van der Waals surface area contributed by atoms with Crippen LogP contribution in [0, 0.1) is 0 Å². The topological polar surface area (TPSA) is 66.9 Å². The van der Waals surface area contributed by atoms with Crippen molar-refractivity contribution in [2.24, 2.45) is 0 Å². The maximum atomic E-state index is 11.4. The number of unbranched alkanes of at least 4 members (excludes halogenated alkanes) is 1. The summed E-state index contributed by atoms with van der Waals surface area (Å²) in [4.78, 5) is 19.6. The van der Waals surface area contributed by atoms with Gasteiger partial charge in [-0.15, -0.1) is 0 Å². The Morgan fingerprint density at radius 3 is 2.75 bits per heavy atom. The SMILES string of the molecule is CCCCNC(=O)NC(C)c1ncccn1. The van der Waals surface area contributed by atoms with Gasteiger partial charge in [-0.05, 0) is 19.4 Å². The van der Waals surface area contributed by atoms with Crippen LogP contribution in [0.1, 0.15) is 38.6 Å². The Morgan fingerprint density at radius 2 is 2.12 bits per heavy atom. The van der Waals surface area contributed by atoms with Crippen molar-refractivity contribution < 1.29 is 4.79 Å². The van der Waals surface area contributed by atoms with Gasteiger partial charge in [0.05, 0.1) is 6.04 Å². The van der Waals surface area contributed by atoms with Crippen molar-refractivity contribution in [2.45, 2.75) is 32.7 Å². The summed E-state index contributed by atoms with van der Waals surface area (Å²) in [5.74, 6) is 0.619. The van der Waals surface area contributed by atoms with Gasteiger partial charge in [-0.2, -0.15) is 0 Å². The zero-order valence-electron chi connectivity index (χ0n) is 9.73. The molecule has 0 aliphatic carbocycles. The molecule has 88 valence electrons. The lowest BCUT2D eigenvalue weighted by atomic mass is 10.3. The first-order chi connectivity index (χ1) is 7.74. The van der Waals surface area contributed by atoms with E-state index < -0.39 is 0 Å². The largest absolute Gasteiger partial charge is 0.338 e. The number of nitrogens with one attached hydrogen (secondary N) is 2. The zero-order valence-corrected chi connectivity index (χ0v) is 9.73. The molecule has 1 heterocycles. The predicted molar refractivity (Wildman–Crippen MR) is 61.9 cm³/mol. The van der Waals surface area contributed by atoms with E-state index in [0.29, 0.717) is 12.4 Å². The molecule has 1 aromatic rings. The Hall–Kier alpha value is -1.65. The van der Waals surface area contributed by atoms with Crippen molar-refractivity contribution in [3.05, 3.63) is 24.3 Å². The molecule has 0 saturated heterocycles. The summed E-state index contributed by atoms with van der Waals surface area (Å²) in [6, 6.07) is 1.40. The third-order valence-corrected chi connectivity index (χ3v) is 2.14. The highest BCUT2D eigenvalue weighted by Gasteiger charge is 2.10. The minimum Gasteiger partial charge on any atom is -0.338 e. The molecule has 0 spiro atoms. The summed E-state index contributed by atoms with van der Waals surface area (Å²) >= 11 is 0. The molecule has 0 fully saturated rings. The van der Waals surface area contributed by atoms with E-state index in [1.165, 1.54) is 0 Å². The van der Waals surface area contributed by atoms with Gasteiger partial charge in [0, 0.05) is 18.9 Å². The summed E-state index contributed by atoms with van der Waals surface area (Å²) in [7, 11) is 0. The van der Waals surface area contributed by atoms with E-state index in [4.69, 9.17) is 0 Å². The van der Waals surface area contributed by atoms with E-state index in [0.717, 1.165) is 12.8 Å². The summed E-state index contributed by atoms with van der Waals surface area (Å²) in [5, 5.41) is 5.56. The molecule has 0 radical (unpaired) electrons. The first-order valence-corrected chi connectivity index (χ1v) is 5.55. The Kier molecular flexibility index (Phi) is 5.25. The molecule has 1 rings (SSSR count). The minimum atomic E-state index is -0.178. The minimum absolute atomic E-state index is 0.173. The van der Waals surface area contributed by atoms with Gasteiger partial charge >= 0.3 is 6.03 Å². The second-order valence-electron chi connectivity index (χ2n) is 3.58. The molecule has 16 heavy (non-hydrogen) atoms. The number of carbonyl (C=O) groups excluding carboxylic acids is 1. The lowest BCUT2D eigenvalue weighted by Crippen LogP contribution is -2.37. The molecule has 1 unspecified atom stereocenters. The van der Waals surface area contributed by atoms with Crippen LogP contribution in [0.25, 0.3) is 0 Å². The van der Waals surface area contributed by atoms with Gasteiger partial charge in [-0.3, -0.25) is 0 Å². The predicted octanol–water partition coefficient (Wildman–Crippen LogP) is 1.64. The number of hydrogen-bond donors (Lipinski definition) is 2. The molecule has 2 amide bonds. The van der Waals surface area contributed by atoms with Gasteiger partial charge in [0.25, 0.3) is 0 Å². The third kappa shape index (κ3) is 4.25. The Balaban J connectivity index is 2.34. The van der Waals surface area contributed by atoms with Crippen molar-refractivity contribution in [2.75, 3.05) is 6.54 Å². The molecule has 2 N–H and O–H groups in total. The number of nitrogens with zero attached hydrogens (tertiary/aromatic N) is 2. The van der Waals surface area contributed by atoms with Gasteiger partial charge in [0.1, 0.15) is 5.82 Å². The Labute approximate surface area is 95.7 Å². The van der Waals surface area contributed by atoms with Crippen LogP contribution in [0.2, 0.25) is 0 Å². The van der Waals surface area contributed by atoms with E-state index in [-0.39, 0.29) is 12.1 Å². The second kappa shape index (κ2) is 6.76. The monoisotopic (exact) mass is 222 g/mol. The van der Waals surface area contributed by atoms with E-state index in [1.54, 1.807) is 18.5 Å². The average molecular weight is 222 g/mol. The lowest BCUT2D eigenvalue weighted by molar-refractivity contribution is 0.237. The van der Waals surface area contributed by atoms with Crippen molar-refractivity contribution in [1.29, 1.82) is 0 Å². The van der Waals surface area contributed by atoms with E-state index >= 15 is 0 Å². The van der Waals surface area contributed by atoms with Gasteiger partial charge in [0.2, 0.25) is 0 Å². The highest BCUT2D eigenvalue weighted by molar-refractivity contribution is 5.74. The lowest BCUT2D eigenvalue weighted by Gasteiger charge is -2.12. The van der Waals surface area contributed by atoms with Crippen LogP contribution in [-0.2, 0) is 0 Å². The van der Waals surface area contributed by atoms with Gasteiger partial charge < -0.3 is 10.6 Å². The fraction of sp³-hybridized carbons (Fsp3) is 0.545. The van der Waals surface area contributed by atoms with Crippen LogP contribution < -0.4 is 10.6 Å². The van der Waals surface area contributed by atoms with Crippen molar-refractivity contribution in [1.82, 2.24) is 20.6 Å². The zero-order chi connectivity index (χ0) is 11.8.